The summed E-state index contributed by atoms with van der Waals surface area (Å²) in [6.45, 7) is 4.23. The molecule has 1 heterocycles. The van der Waals surface area contributed by atoms with Gasteiger partial charge < -0.3 is 9.88 Å². The Morgan fingerprint density at radius 1 is 1.32 bits per heavy atom. The number of nitriles is 1. The summed E-state index contributed by atoms with van der Waals surface area (Å²) in [5, 5.41) is 12.0. The predicted octanol–water partition coefficient (Wildman–Crippen LogP) is 2.39. The van der Waals surface area contributed by atoms with Crippen molar-refractivity contribution in [3.8, 4) is 11.8 Å². The molecule has 0 saturated carbocycles. The molecule has 1 aromatic heterocycles. The van der Waals surface area contributed by atoms with Crippen LogP contribution in [0, 0.1) is 11.3 Å². The van der Waals surface area contributed by atoms with Gasteiger partial charge in [0, 0.05) is 5.69 Å². The van der Waals surface area contributed by atoms with Gasteiger partial charge in [-0.05, 0) is 38.6 Å². The highest BCUT2D eigenvalue weighted by atomic mass is 15.1. The van der Waals surface area contributed by atoms with Gasteiger partial charge in [-0.2, -0.15) is 5.26 Å². The molecule has 0 unspecified atom stereocenters. The van der Waals surface area contributed by atoms with Crippen LogP contribution in [0.2, 0.25) is 0 Å². The topological polar surface area (TPSA) is 53.6 Å². The molecule has 0 radical (unpaired) electrons. The van der Waals surface area contributed by atoms with Crippen molar-refractivity contribution in [1.29, 1.82) is 5.26 Å². The van der Waals surface area contributed by atoms with Crippen molar-refractivity contribution in [1.82, 2.24) is 14.9 Å². The highest BCUT2D eigenvalue weighted by Gasteiger charge is 2.22. The Bertz CT molecular complexity index is 587. The molecule has 98 valence electrons. The van der Waals surface area contributed by atoms with Crippen LogP contribution in [0.4, 0.5) is 0 Å². The van der Waals surface area contributed by atoms with E-state index in [1.54, 1.807) is 0 Å². The first-order chi connectivity index (χ1) is 9.08. The van der Waals surface area contributed by atoms with E-state index in [-0.39, 0.29) is 5.54 Å². The molecule has 1 aromatic carbocycles. The fourth-order valence-electron chi connectivity index (χ4n) is 1.96. The normalized spacial score (nSPS) is 11.3. The van der Waals surface area contributed by atoms with Gasteiger partial charge in [0.05, 0.1) is 36.2 Å². The van der Waals surface area contributed by atoms with Crippen molar-refractivity contribution in [3.05, 3.63) is 48.0 Å². The molecule has 0 atom stereocenters. The van der Waals surface area contributed by atoms with Gasteiger partial charge >= 0.3 is 0 Å². The molecule has 0 saturated heterocycles. The number of aromatic nitrogens is 2. The van der Waals surface area contributed by atoms with Crippen LogP contribution in [0.3, 0.4) is 0 Å². The third-order valence-electron chi connectivity index (χ3n) is 3.40. The van der Waals surface area contributed by atoms with Gasteiger partial charge in [0.1, 0.15) is 0 Å². The van der Waals surface area contributed by atoms with Gasteiger partial charge in [0.2, 0.25) is 0 Å². The van der Waals surface area contributed by atoms with Crippen LogP contribution in [0.5, 0.6) is 0 Å². The maximum absolute atomic E-state index is 8.68. The van der Waals surface area contributed by atoms with E-state index >= 15 is 0 Å². The van der Waals surface area contributed by atoms with Crippen molar-refractivity contribution >= 4 is 0 Å². The predicted molar refractivity (Wildman–Crippen MR) is 75.0 cm³/mol. The van der Waals surface area contributed by atoms with Crippen molar-refractivity contribution in [2.45, 2.75) is 25.8 Å². The third kappa shape index (κ3) is 2.67. The Labute approximate surface area is 113 Å². The van der Waals surface area contributed by atoms with Crippen molar-refractivity contribution in [2.75, 3.05) is 7.05 Å². The van der Waals surface area contributed by atoms with Gasteiger partial charge in [-0.3, -0.25) is 0 Å². The fraction of sp³-hybridized carbons (Fsp3) is 0.333. The summed E-state index contributed by atoms with van der Waals surface area (Å²) in [6, 6.07) is 10.2. The molecule has 0 aliphatic heterocycles. The first-order valence-electron chi connectivity index (χ1n) is 6.26. The van der Waals surface area contributed by atoms with Crippen LogP contribution < -0.4 is 5.32 Å². The van der Waals surface area contributed by atoms with E-state index in [9.17, 15) is 0 Å². The first-order valence-corrected chi connectivity index (χ1v) is 6.26. The van der Waals surface area contributed by atoms with E-state index in [1.807, 2.05) is 43.8 Å². The largest absolute Gasteiger partial charge is 0.310 e. The molecule has 0 spiro atoms. The molecular formula is C15H18N4. The van der Waals surface area contributed by atoms with E-state index in [2.05, 4.69) is 34.8 Å². The summed E-state index contributed by atoms with van der Waals surface area (Å²) >= 11 is 0. The highest BCUT2D eigenvalue weighted by Crippen LogP contribution is 2.22. The Kier molecular flexibility index (Phi) is 3.68. The standard InChI is InChI=1S/C15H18N4/c1-15(2,17-3)14-10-18-11-19(14)13-6-4-12(5-7-13)8-9-16/h4-7,10-11,17H,8H2,1-3H3. The van der Waals surface area contributed by atoms with Crippen LogP contribution in [0.25, 0.3) is 5.69 Å². The van der Waals surface area contributed by atoms with Crippen molar-refractivity contribution in [2.24, 2.45) is 0 Å². The van der Waals surface area contributed by atoms with Gasteiger partial charge in [-0.1, -0.05) is 12.1 Å². The first kappa shape index (κ1) is 13.3. The van der Waals surface area contributed by atoms with Gasteiger partial charge in [-0.15, -0.1) is 0 Å². The minimum absolute atomic E-state index is 0.151. The summed E-state index contributed by atoms with van der Waals surface area (Å²) < 4.78 is 2.06. The molecule has 4 nitrogen and oxygen atoms in total. The molecule has 2 rings (SSSR count). The molecule has 1 N–H and O–H groups in total. The zero-order chi connectivity index (χ0) is 13.9. The zero-order valence-electron chi connectivity index (χ0n) is 11.5. The molecule has 0 aliphatic rings. The summed E-state index contributed by atoms with van der Waals surface area (Å²) in [7, 11) is 1.94. The number of nitrogens with zero attached hydrogens (tertiary/aromatic N) is 3. The third-order valence-corrected chi connectivity index (χ3v) is 3.40. The lowest BCUT2D eigenvalue weighted by atomic mass is 10.0. The number of hydrogen-bond acceptors (Lipinski definition) is 3. The Morgan fingerprint density at radius 2 is 2.00 bits per heavy atom. The number of benzene rings is 1. The van der Waals surface area contributed by atoms with E-state index in [1.165, 1.54) is 0 Å². The van der Waals surface area contributed by atoms with Gasteiger partial charge in [0.25, 0.3) is 0 Å². The van der Waals surface area contributed by atoms with Crippen molar-refractivity contribution in [3.63, 3.8) is 0 Å². The maximum Gasteiger partial charge on any atom is 0.0994 e. The van der Waals surface area contributed by atoms with E-state index < -0.39 is 0 Å². The molecule has 0 bridgehead atoms. The quantitative estimate of drug-likeness (QED) is 0.911. The summed E-state index contributed by atoms with van der Waals surface area (Å²) in [5.41, 5.74) is 3.03. The summed E-state index contributed by atoms with van der Waals surface area (Å²) in [4.78, 5) is 4.24. The molecule has 0 aliphatic carbocycles. The molecule has 4 heteroatoms. The second-order valence-corrected chi connectivity index (χ2v) is 5.03. The molecular weight excluding hydrogens is 236 g/mol. The summed E-state index contributed by atoms with van der Waals surface area (Å²) in [6.07, 6.45) is 4.13. The smallest absolute Gasteiger partial charge is 0.0994 e. The van der Waals surface area contributed by atoms with Crippen LogP contribution in [-0.2, 0) is 12.0 Å². The Hall–Kier alpha value is -2.12. The molecule has 0 amide bonds. The number of hydrogen-bond donors (Lipinski definition) is 1. The highest BCUT2D eigenvalue weighted by molar-refractivity contribution is 5.38. The lowest BCUT2D eigenvalue weighted by Gasteiger charge is -2.25. The number of rotatable bonds is 4. The average molecular weight is 254 g/mol. The molecule has 2 aromatic rings. The van der Waals surface area contributed by atoms with E-state index in [0.717, 1.165) is 16.9 Å². The second kappa shape index (κ2) is 5.25. The van der Waals surface area contributed by atoms with Crippen LogP contribution >= 0.6 is 0 Å². The Morgan fingerprint density at radius 3 is 2.58 bits per heavy atom. The van der Waals surface area contributed by atoms with Crippen LogP contribution in [-0.4, -0.2) is 16.6 Å². The van der Waals surface area contributed by atoms with Gasteiger partial charge in [-0.25, -0.2) is 4.98 Å². The van der Waals surface area contributed by atoms with Crippen LogP contribution in [0.15, 0.2) is 36.8 Å². The maximum atomic E-state index is 8.68. The van der Waals surface area contributed by atoms with Crippen molar-refractivity contribution < 1.29 is 0 Å². The lowest BCUT2D eigenvalue weighted by molar-refractivity contribution is 0.425. The number of nitrogens with one attached hydrogen (secondary N) is 1. The molecule has 19 heavy (non-hydrogen) atoms. The average Bonchev–Trinajstić information content (AvgIpc) is 2.90. The lowest BCUT2D eigenvalue weighted by Crippen LogP contribution is -2.35. The number of imidazole rings is 1. The van der Waals surface area contributed by atoms with E-state index in [0.29, 0.717) is 6.42 Å². The Balaban J connectivity index is 2.38. The second-order valence-electron chi connectivity index (χ2n) is 5.03. The van der Waals surface area contributed by atoms with Gasteiger partial charge in [0.15, 0.2) is 0 Å². The molecule has 0 fully saturated rings. The fourth-order valence-corrected chi connectivity index (χ4v) is 1.96. The monoisotopic (exact) mass is 254 g/mol. The SMILES string of the molecule is CNC(C)(C)c1cncn1-c1ccc(CC#N)cc1. The summed E-state index contributed by atoms with van der Waals surface area (Å²) in [5.74, 6) is 0. The minimum Gasteiger partial charge on any atom is -0.310 e. The zero-order valence-corrected chi connectivity index (χ0v) is 11.5. The van der Waals surface area contributed by atoms with Crippen LogP contribution in [0.1, 0.15) is 25.1 Å². The minimum atomic E-state index is -0.151. The van der Waals surface area contributed by atoms with E-state index in [4.69, 9.17) is 5.26 Å².